The van der Waals surface area contributed by atoms with E-state index >= 15 is 0 Å². The van der Waals surface area contributed by atoms with Crippen LogP contribution < -0.4 is 15.5 Å². The van der Waals surface area contributed by atoms with Crippen LogP contribution in [0.4, 0.5) is 0 Å². The molecule has 0 bridgehead atoms. The number of rotatable bonds is 8. The van der Waals surface area contributed by atoms with Crippen molar-refractivity contribution in [2.24, 2.45) is 0 Å². The Balaban J connectivity index is 1.24. The Bertz CT molecular complexity index is 1080. The molecule has 2 heterocycles. The molecule has 1 radical (unpaired) electrons. The normalized spacial score (nSPS) is 16.7. The van der Waals surface area contributed by atoms with E-state index in [1.54, 1.807) is 0 Å². The lowest BCUT2D eigenvalue weighted by atomic mass is 10.0. The Labute approximate surface area is 213 Å². The SMILES string of the molecule is C[C@@H](NC(=O)CN1C=CC(=C2C=C[N+](CC(=O)N[C@H](C)c3ccccc3)C=C2)C=C1)c1ccccc1. The van der Waals surface area contributed by atoms with Gasteiger partial charge in [0.25, 0.3) is 5.91 Å². The number of hydrogen-bond donors (Lipinski definition) is 2. The summed E-state index contributed by atoms with van der Waals surface area (Å²) in [5.41, 5.74) is 4.24. The summed E-state index contributed by atoms with van der Waals surface area (Å²) in [5, 5.41) is 6.08. The molecule has 0 unspecified atom stereocenters. The number of allylic oxidation sites excluding steroid dienone is 6. The number of amides is 2. The minimum absolute atomic E-state index is 0.0373. The van der Waals surface area contributed by atoms with E-state index in [2.05, 4.69) is 10.6 Å². The predicted octanol–water partition coefficient (Wildman–Crippen LogP) is 4.56. The Hall–Kier alpha value is -4.16. The van der Waals surface area contributed by atoms with Crippen LogP contribution in [0.15, 0.2) is 121 Å². The van der Waals surface area contributed by atoms with E-state index in [1.807, 2.05) is 133 Å². The maximum absolute atomic E-state index is 12.5. The van der Waals surface area contributed by atoms with Crippen molar-refractivity contribution in [3.8, 4) is 0 Å². The van der Waals surface area contributed by atoms with Gasteiger partial charge in [-0.2, -0.15) is 0 Å². The Morgan fingerprint density at radius 3 is 1.72 bits per heavy atom. The molecule has 2 N–H and O–H groups in total. The second-order valence-corrected chi connectivity index (χ2v) is 8.92. The predicted molar refractivity (Wildman–Crippen MR) is 143 cm³/mol. The van der Waals surface area contributed by atoms with Crippen LogP contribution in [0, 0.1) is 0 Å². The van der Waals surface area contributed by atoms with Crippen molar-refractivity contribution < 1.29 is 9.59 Å². The molecule has 36 heavy (non-hydrogen) atoms. The molecule has 0 spiro atoms. The molecule has 0 saturated heterocycles. The van der Waals surface area contributed by atoms with Crippen LogP contribution in [0.2, 0.25) is 0 Å². The van der Waals surface area contributed by atoms with Gasteiger partial charge in [-0.1, -0.05) is 60.7 Å². The molecule has 0 aliphatic carbocycles. The summed E-state index contributed by atoms with van der Waals surface area (Å²) in [4.78, 5) is 28.6. The van der Waals surface area contributed by atoms with Gasteiger partial charge < -0.3 is 15.5 Å². The summed E-state index contributed by atoms with van der Waals surface area (Å²) in [6.07, 6.45) is 15.6. The number of carbonyl (C=O) groups is 2. The fourth-order valence-corrected chi connectivity index (χ4v) is 4.07. The van der Waals surface area contributed by atoms with Gasteiger partial charge in [0.1, 0.15) is 6.54 Å². The fraction of sp³-hybridized carbons (Fsp3) is 0.200. The van der Waals surface area contributed by atoms with Crippen LogP contribution in [0.3, 0.4) is 0 Å². The van der Waals surface area contributed by atoms with Crippen LogP contribution in [-0.4, -0.2) is 29.8 Å². The van der Waals surface area contributed by atoms with Gasteiger partial charge in [-0.25, -0.2) is 0 Å². The number of hydrogen-bond acceptors (Lipinski definition) is 4. The van der Waals surface area contributed by atoms with E-state index in [9.17, 15) is 9.59 Å². The molecule has 6 heteroatoms. The Morgan fingerprint density at radius 2 is 1.19 bits per heavy atom. The highest BCUT2D eigenvalue weighted by Gasteiger charge is 2.20. The molecule has 2 atom stereocenters. The molecule has 6 nitrogen and oxygen atoms in total. The first-order valence-electron chi connectivity index (χ1n) is 12.1. The average molecular weight is 481 g/mol. The van der Waals surface area contributed by atoms with Crippen molar-refractivity contribution in [2.75, 3.05) is 13.1 Å². The third-order valence-electron chi connectivity index (χ3n) is 6.12. The quantitative estimate of drug-likeness (QED) is 0.545. The molecule has 2 aliphatic heterocycles. The molecular formula is C30H32N4O2+. The van der Waals surface area contributed by atoms with E-state index in [0.29, 0.717) is 0 Å². The van der Waals surface area contributed by atoms with Gasteiger partial charge in [-0.3, -0.25) is 9.59 Å². The van der Waals surface area contributed by atoms with E-state index in [4.69, 9.17) is 0 Å². The highest BCUT2D eigenvalue weighted by atomic mass is 16.2. The fourth-order valence-electron chi connectivity index (χ4n) is 4.07. The highest BCUT2D eigenvalue weighted by Crippen LogP contribution is 2.19. The summed E-state index contributed by atoms with van der Waals surface area (Å²) < 4.78 is 0. The van der Waals surface area contributed by atoms with Gasteiger partial charge in [-0.15, -0.1) is 4.90 Å². The standard InChI is InChI=1S/C30H32N4O2/c1-23(25-9-5-3-6-10-25)31-29(35)21-33-17-13-27(14-18-33)28-15-19-34(20-16-28)22-30(36)32-24(2)26-11-7-4-8-12-26/h3-20,23-24H,21-22H2,1-2H3,(H,31,35)(H,32,36)/q+1/t23-,24-/m1/s1. The molecule has 4 rings (SSSR count). The van der Waals surface area contributed by atoms with Crippen molar-refractivity contribution in [2.45, 2.75) is 25.9 Å². The lowest BCUT2D eigenvalue weighted by molar-refractivity contribution is -0.122. The van der Waals surface area contributed by atoms with Crippen LogP contribution >= 0.6 is 0 Å². The molecule has 0 saturated carbocycles. The molecular weight excluding hydrogens is 448 g/mol. The summed E-state index contributed by atoms with van der Waals surface area (Å²) in [5.74, 6) is -0.0746. The lowest BCUT2D eigenvalue weighted by Gasteiger charge is -2.21. The Morgan fingerprint density at radius 1 is 0.722 bits per heavy atom. The van der Waals surface area contributed by atoms with Crippen LogP contribution in [-0.2, 0) is 9.59 Å². The second-order valence-electron chi connectivity index (χ2n) is 8.92. The van der Waals surface area contributed by atoms with Crippen molar-refractivity contribution >= 4 is 11.8 Å². The molecule has 2 amide bonds. The summed E-state index contributed by atoms with van der Waals surface area (Å²) >= 11 is 0. The van der Waals surface area contributed by atoms with Gasteiger partial charge in [-0.05, 0) is 48.3 Å². The minimum Gasteiger partial charge on any atom is -0.348 e. The van der Waals surface area contributed by atoms with E-state index < -0.39 is 0 Å². The number of carbonyl (C=O) groups excluding carboxylic acids is 2. The number of nitrogens with one attached hydrogen (secondary N) is 2. The summed E-state index contributed by atoms with van der Waals surface area (Å²) in [6.45, 7) is 4.47. The van der Waals surface area contributed by atoms with Crippen molar-refractivity contribution in [1.82, 2.24) is 20.4 Å². The molecule has 2 aliphatic rings. The summed E-state index contributed by atoms with van der Waals surface area (Å²) in [6, 6.07) is 19.8. The molecule has 2 aromatic rings. The monoisotopic (exact) mass is 480 g/mol. The Kier molecular flexibility index (Phi) is 8.32. The molecule has 0 fully saturated rings. The third-order valence-corrected chi connectivity index (χ3v) is 6.12. The summed E-state index contributed by atoms with van der Waals surface area (Å²) in [7, 11) is 0. The largest absolute Gasteiger partial charge is 0.348 e. The van der Waals surface area contributed by atoms with Gasteiger partial charge in [0.15, 0.2) is 12.4 Å². The first kappa shape index (κ1) is 24.9. The van der Waals surface area contributed by atoms with E-state index in [-0.39, 0.29) is 37.0 Å². The molecule has 0 aromatic heterocycles. The van der Waals surface area contributed by atoms with Gasteiger partial charge >= 0.3 is 0 Å². The first-order chi connectivity index (χ1) is 17.5. The van der Waals surface area contributed by atoms with E-state index in [0.717, 1.165) is 22.3 Å². The van der Waals surface area contributed by atoms with Gasteiger partial charge in [0.05, 0.1) is 12.1 Å². The zero-order chi connectivity index (χ0) is 25.3. The smallest absolute Gasteiger partial charge is 0.281 e. The highest BCUT2D eigenvalue weighted by molar-refractivity contribution is 5.79. The lowest BCUT2D eigenvalue weighted by Crippen LogP contribution is -2.36. The van der Waals surface area contributed by atoms with Gasteiger partial charge in [0, 0.05) is 24.6 Å². The maximum Gasteiger partial charge on any atom is 0.281 e. The number of nitrogens with zero attached hydrogens (tertiary/aromatic N) is 2. The average Bonchev–Trinajstić information content (AvgIpc) is 2.90. The first-order valence-corrected chi connectivity index (χ1v) is 12.1. The van der Waals surface area contributed by atoms with Gasteiger partial charge in [0.2, 0.25) is 12.5 Å². The molecule has 183 valence electrons. The van der Waals surface area contributed by atoms with Crippen LogP contribution in [0.1, 0.15) is 37.1 Å². The van der Waals surface area contributed by atoms with Crippen molar-refractivity contribution in [3.63, 3.8) is 0 Å². The van der Waals surface area contributed by atoms with Crippen LogP contribution in [0.25, 0.3) is 0 Å². The maximum atomic E-state index is 12.5. The van der Waals surface area contributed by atoms with Crippen molar-refractivity contribution in [3.05, 3.63) is 132 Å². The molecule has 2 aromatic carbocycles. The minimum atomic E-state index is -0.0433. The van der Waals surface area contributed by atoms with Crippen molar-refractivity contribution in [1.29, 1.82) is 0 Å². The zero-order valence-corrected chi connectivity index (χ0v) is 20.7. The third kappa shape index (κ3) is 6.93. The zero-order valence-electron chi connectivity index (χ0n) is 20.7. The van der Waals surface area contributed by atoms with Crippen LogP contribution in [0.5, 0.6) is 0 Å². The second kappa shape index (κ2) is 12.0. The van der Waals surface area contributed by atoms with E-state index in [1.165, 1.54) is 0 Å². The number of benzene rings is 2. The topological polar surface area (TPSA) is 67.3 Å².